The second-order valence-corrected chi connectivity index (χ2v) is 5.05. The number of benzene rings is 1. The molecule has 0 heterocycles. The van der Waals surface area contributed by atoms with Crippen molar-refractivity contribution in [2.75, 3.05) is 6.61 Å². The second-order valence-electron chi connectivity index (χ2n) is 5.05. The number of carbonyl (C=O) groups excluding carboxylic acids is 2. The van der Waals surface area contributed by atoms with Crippen LogP contribution in [-0.2, 0) is 16.0 Å². The number of esters is 1. The van der Waals surface area contributed by atoms with Crippen molar-refractivity contribution in [2.24, 2.45) is 0 Å². The molecule has 0 bridgehead atoms. The Balaban J connectivity index is -0.00000103. The summed E-state index contributed by atoms with van der Waals surface area (Å²) in [5.74, 6) is -1.58. The first-order chi connectivity index (χ1) is 14.0. The molecule has 0 aliphatic heterocycles. The summed E-state index contributed by atoms with van der Waals surface area (Å²) in [4.78, 5) is 24.0. The molecule has 1 aromatic rings. The summed E-state index contributed by atoms with van der Waals surface area (Å²) >= 11 is 0. The van der Waals surface area contributed by atoms with Crippen LogP contribution in [0.5, 0.6) is 11.5 Å². The molecular weight excluding hydrogens is 368 g/mol. The highest BCUT2D eigenvalue weighted by Gasteiger charge is 2.20. The summed E-state index contributed by atoms with van der Waals surface area (Å²) in [6.07, 6.45) is 6.90. The van der Waals surface area contributed by atoms with Gasteiger partial charge in [0.2, 0.25) is 0 Å². The maximum atomic E-state index is 12.1. The fourth-order valence-electron chi connectivity index (χ4n) is 1.98. The van der Waals surface area contributed by atoms with Gasteiger partial charge in [-0.05, 0) is 30.5 Å². The zero-order chi connectivity index (χ0) is 23.2. The van der Waals surface area contributed by atoms with Gasteiger partial charge in [0.05, 0.1) is 6.61 Å². The van der Waals surface area contributed by atoms with Crippen LogP contribution in [0, 0.1) is 0 Å². The van der Waals surface area contributed by atoms with Crippen LogP contribution in [0.2, 0.25) is 0 Å². The molecule has 5 heteroatoms. The average molecular weight is 407 g/mol. The number of ketones is 1. The minimum Gasteiger partial charge on any atom is -0.508 e. The molecule has 164 valence electrons. The van der Waals surface area contributed by atoms with E-state index in [4.69, 9.17) is 4.74 Å². The summed E-state index contributed by atoms with van der Waals surface area (Å²) in [5, 5.41) is 19.5. The lowest BCUT2D eigenvalue weighted by molar-refractivity contribution is -0.114. The van der Waals surface area contributed by atoms with Gasteiger partial charge in [-0.25, -0.2) is 4.79 Å². The number of phenolic OH excluding ortho intramolecular Hbond substituents is 2. The average Bonchev–Trinajstić information content (AvgIpc) is 2.72. The summed E-state index contributed by atoms with van der Waals surface area (Å²) < 4.78 is 5.03. The molecule has 29 heavy (non-hydrogen) atoms. The predicted molar refractivity (Wildman–Crippen MR) is 122 cm³/mol. The molecule has 1 rings (SSSR count). The van der Waals surface area contributed by atoms with Crippen molar-refractivity contribution >= 4 is 11.8 Å². The Hall–Kier alpha value is -2.82. The van der Waals surface area contributed by atoms with E-state index in [-0.39, 0.29) is 35.7 Å². The van der Waals surface area contributed by atoms with Crippen LogP contribution in [0.25, 0.3) is 0 Å². The number of rotatable bonds is 9. The van der Waals surface area contributed by atoms with E-state index < -0.39 is 11.7 Å². The van der Waals surface area contributed by atoms with Gasteiger partial charge in [-0.15, -0.1) is 19.7 Å². The Bertz CT molecular complexity index is 618. The minimum absolute atomic E-state index is 0.0934. The van der Waals surface area contributed by atoms with Crippen LogP contribution in [-0.4, -0.2) is 28.6 Å². The summed E-state index contributed by atoms with van der Waals surface area (Å²) in [6.45, 7) is 19.7. The number of allylic oxidation sites excluding steroid dienone is 2. The van der Waals surface area contributed by atoms with Crippen LogP contribution < -0.4 is 0 Å². The Morgan fingerprint density at radius 2 is 1.66 bits per heavy atom. The van der Waals surface area contributed by atoms with E-state index in [1.54, 1.807) is 12.2 Å². The highest BCUT2D eigenvalue weighted by atomic mass is 16.5. The van der Waals surface area contributed by atoms with Crippen LogP contribution in [0.1, 0.15) is 69.8 Å². The number of aromatic hydroxyl groups is 2. The van der Waals surface area contributed by atoms with E-state index in [2.05, 4.69) is 19.7 Å². The van der Waals surface area contributed by atoms with Gasteiger partial charge >= 0.3 is 5.97 Å². The number of carbonyl (C=O) groups is 2. The molecule has 1 aromatic carbocycles. The Morgan fingerprint density at radius 1 is 1.07 bits per heavy atom. The molecule has 0 spiro atoms. The van der Waals surface area contributed by atoms with Gasteiger partial charge in [0, 0.05) is 12.5 Å². The third-order valence-electron chi connectivity index (χ3n) is 3.07. The quantitative estimate of drug-likeness (QED) is 0.222. The van der Waals surface area contributed by atoms with Crippen LogP contribution in [0.4, 0.5) is 0 Å². The number of hydrogen-bond donors (Lipinski definition) is 2. The lowest BCUT2D eigenvalue weighted by Gasteiger charge is -2.11. The fourth-order valence-corrected chi connectivity index (χ4v) is 1.98. The molecule has 0 radical (unpaired) electrons. The van der Waals surface area contributed by atoms with Crippen molar-refractivity contribution in [3.05, 3.63) is 61.2 Å². The van der Waals surface area contributed by atoms with Crippen molar-refractivity contribution in [1.82, 2.24) is 0 Å². The standard InChI is InChI=1S/C18H22O5.2C2H6.C2H4/c1-3-5-7-8-14(19)10-13-11-15(20)12-16(21)17(13)18(22)23-9-6-4-2;3*1-2/h4,7-8,11-12,20-21H,2-3,5-6,9-10H2,1H3;2*1-2H3;1-2H2/b8-7+;;;. The van der Waals surface area contributed by atoms with Gasteiger partial charge in [-0.1, -0.05) is 53.2 Å². The number of ether oxygens (including phenoxy) is 1. The van der Waals surface area contributed by atoms with Crippen LogP contribution in [0.3, 0.4) is 0 Å². The van der Waals surface area contributed by atoms with E-state index in [1.165, 1.54) is 12.1 Å². The van der Waals surface area contributed by atoms with Gasteiger partial charge in [0.15, 0.2) is 5.78 Å². The minimum atomic E-state index is -0.732. The van der Waals surface area contributed by atoms with Crippen molar-refractivity contribution in [1.29, 1.82) is 0 Å². The van der Waals surface area contributed by atoms with Gasteiger partial charge < -0.3 is 14.9 Å². The van der Waals surface area contributed by atoms with Crippen molar-refractivity contribution in [3.8, 4) is 11.5 Å². The smallest absolute Gasteiger partial charge is 0.342 e. The number of hydrogen-bond acceptors (Lipinski definition) is 5. The van der Waals surface area contributed by atoms with Gasteiger partial charge in [0.25, 0.3) is 0 Å². The maximum absolute atomic E-state index is 12.1. The van der Waals surface area contributed by atoms with Crippen LogP contribution in [0.15, 0.2) is 50.1 Å². The zero-order valence-corrected chi connectivity index (χ0v) is 18.7. The molecule has 0 amide bonds. The third-order valence-corrected chi connectivity index (χ3v) is 3.07. The molecule has 0 aromatic heterocycles. The lowest BCUT2D eigenvalue weighted by Crippen LogP contribution is -2.11. The van der Waals surface area contributed by atoms with Gasteiger partial charge in [0.1, 0.15) is 17.1 Å². The summed E-state index contributed by atoms with van der Waals surface area (Å²) in [6, 6.07) is 2.33. The summed E-state index contributed by atoms with van der Waals surface area (Å²) in [7, 11) is 0. The SMILES string of the molecule is C=C.C=CCCOC(=O)c1c(O)cc(O)cc1CC(=O)/C=C/CCC.CC.CC. The third kappa shape index (κ3) is 13.9. The topological polar surface area (TPSA) is 83.8 Å². The van der Waals surface area contributed by atoms with E-state index in [0.29, 0.717) is 6.42 Å². The van der Waals surface area contributed by atoms with E-state index in [1.807, 2.05) is 34.6 Å². The van der Waals surface area contributed by atoms with Crippen molar-refractivity contribution < 1.29 is 24.5 Å². The first kappa shape index (κ1) is 30.9. The Kier molecular flexibility index (Phi) is 22.9. The Morgan fingerprint density at radius 3 is 2.17 bits per heavy atom. The van der Waals surface area contributed by atoms with E-state index >= 15 is 0 Å². The first-order valence-electron chi connectivity index (χ1n) is 10.0. The van der Waals surface area contributed by atoms with Gasteiger partial charge in [-0.3, -0.25) is 4.79 Å². The highest BCUT2D eigenvalue weighted by Crippen LogP contribution is 2.28. The zero-order valence-electron chi connectivity index (χ0n) is 18.7. The molecule has 0 atom stereocenters. The summed E-state index contributed by atoms with van der Waals surface area (Å²) in [5.41, 5.74) is 0.140. The van der Waals surface area contributed by atoms with Crippen LogP contribution >= 0.6 is 0 Å². The fraction of sp³-hybridized carbons (Fsp3) is 0.417. The molecule has 0 aliphatic carbocycles. The first-order valence-corrected chi connectivity index (χ1v) is 10.0. The van der Waals surface area contributed by atoms with E-state index in [9.17, 15) is 19.8 Å². The second kappa shape index (κ2) is 21.5. The molecule has 2 N–H and O–H groups in total. The predicted octanol–water partition coefficient (Wildman–Crippen LogP) is 6.15. The molecule has 0 aliphatic rings. The maximum Gasteiger partial charge on any atom is 0.342 e. The number of unbranched alkanes of at least 4 members (excludes halogenated alkanes) is 1. The largest absolute Gasteiger partial charge is 0.508 e. The number of phenols is 2. The normalized spacial score (nSPS) is 9.00. The highest BCUT2D eigenvalue weighted by molar-refractivity contribution is 5.98. The lowest BCUT2D eigenvalue weighted by atomic mass is 10.0. The van der Waals surface area contributed by atoms with Crippen molar-refractivity contribution in [2.45, 2.75) is 60.3 Å². The van der Waals surface area contributed by atoms with E-state index in [0.717, 1.165) is 18.9 Å². The van der Waals surface area contributed by atoms with Gasteiger partial charge in [-0.2, -0.15) is 0 Å². The monoisotopic (exact) mass is 406 g/mol. The molecule has 0 saturated carbocycles. The molecule has 5 nitrogen and oxygen atoms in total. The molecule has 0 unspecified atom stereocenters. The molecule has 0 saturated heterocycles. The molecule has 0 fully saturated rings. The van der Waals surface area contributed by atoms with Crippen molar-refractivity contribution in [3.63, 3.8) is 0 Å². The molecular formula is C24H38O5. The Labute approximate surface area is 176 Å².